The molecule has 9 heteroatoms. The van der Waals surface area contributed by atoms with E-state index in [0.29, 0.717) is 5.69 Å². The molecule has 4 aliphatic rings. The van der Waals surface area contributed by atoms with Crippen molar-refractivity contribution in [2.75, 3.05) is 4.90 Å². The normalized spacial score (nSPS) is 34.7. The van der Waals surface area contributed by atoms with E-state index >= 15 is 0 Å². The first-order valence-electron chi connectivity index (χ1n) is 10.6. The third-order valence-corrected chi connectivity index (χ3v) is 10.2. The van der Waals surface area contributed by atoms with Crippen LogP contribution >= 0.6 is 23.1 Å². The van der Waals surface area contributed by atoms with Gasteiger partial charge in [0.25, 0.3) is 0 Å². The van der Waals surface area contributed by atoms with Crippen molar-refractivity contribution < 1.29 is 18.4 Å². The van der Waals surface area contributed by atoms with Gasteiger partial charge in [-0.2, -0.15) is 0 Å². The topological polar surface area (TPSA) is 83.4 Å². The number of imide groups is 1. The number of hydrogen-bond donors (Lipinski definition) is 1. The molecule has 2 amide bonds. The average molecular weight is 469 g/mol. The highest BCUT2D eigenvalue weighted by Gasteiger charge is 2.70. The van der Waals surface area contributed by atoms with Gasteiger partial charge >= 0.3 is 4.87 Å². The van der Waals surface area contributed by atoms with Crippen LogP contribution in [0.15, 0.2) is 56.9 Å². The van der Waals surface area contributed by atoms with Crippen LogP contribution in [0.3, 0.4) is 0 Å². The summed E-state index contributed by atoms with van der Waals surface area (Å²) in [7, 11) is 0. The quantitative estimate of drug-likeness (QED) is 0.578. The Morgan fingerprint density at radius 3 is 2.50 bits per heavy atom. The molecule has 6 nitrogen and oxygen atoms in total. The molecule has 2 bridgehead atoms. The van der Waals surface area contributed by atoms with Crippen LogP contribution in [0.4, 0.5) is 10.1 Å². The van der Waals surface area contributed by atoms with E-state index in [-0.39, 0.29) is 57.4 Å². The van der Waals surface area contributed by atoms with Gasteiger partial charge in [-0.1, -0.05) is 11.3 Å². The number of aromatic nitrogens is 1. The number of carbonyl (C=O) groups excluding carboxylic acids is 2. The molecule has 0 radical (unpaired) electrons. The predicted octanol–water partition coefficient (Wildman–Crippen LogP) is 3.85. The molecule has 4 heterocycles. The van der Waals surface area contributed by atoms with Crippen LogP contribution in [0.25, 0.3) is 0 Å². The Bertz CT molecular complexity index is 1310. The Kier molecular flexibility index (Phi) is 3.80. The molecule has 32 heavy (non-hydrogen) atoms. The first-order valence-corrected chi connectivity index (χ1v) is 12.3. The number of nitrogens with one attached hydrogen (secondary N) is 1. The van der Waals surface area contributed by atoms with Gasteiger partial charge in [0.15, 0.2) is 0 Å². The molecule has 7 atom stereocenters. The van der Waals surface area contributed by atoms with Gasteiger partial charge in [0.2, 0.25) is 11.8 Å². The molecule has 2 aliphatic heterocycles. The zero-order valence-corrected chi connectivity index (χ0v) is 18.2. The van der Waals surface area contributed by atoms with Crippen LogP contribution in [-0.4, -0.2) is 22.0 Å². The Morgan fingerprint density at radius 2 is 1.78 bits per heavy atom. The maximum atomic E-state index is 13.5. The third-order valence-electron chi connectivity index (χ3n) is 7.66. The molecule has 162 valence electrons. The molecule has 3 fully saturated rings. The van der Waals surface area contributed by atoms with Crippen molar-refractivity contribution in [2.45, 2.75) is 22.6 Å². The Labute approximate surface area is 189 Å². The zero-order chi connectivity index (χ0) is 21.7. The minimum Gasteiger partial charge on any atom is -0.469 e. The van der Waals surface area contributed by atoms with E-state index in [4.69, 9.17) is 4.42 Å². The number of hydrogen-bond acceptors (Lipinski definition) is 6. The number of nitrogens with zero attached hydrogens (tertiary/aromatic N) is 1. The highest BCUT2D eigenvalue weighted by Crippen LogP contribution is 2.68. The third kappa shape index (κ3) is 2.33. The van der Waals surface area contributed by atoms with Crippen LogP contribution < -0.4 is 9.77 Å². The van der Waals surface area contributed by atoms with Crippen LogP contribution in [0.5, 0.6) is 0 Å². The fraction of sp³-hybridized carbons (Fsp3) is 0.348. The molecule has 0 spiro atoms. The Balaban J connectivity index is 1.32. The van der Waals surface area contributed by atoms with E-state index in [1.165, 1.54) is 40.5 Å². The van der Waals surface area contributed by atoms with Crippen molar-refractivity contribution in [3.8, 4) is 0 Å². The average Bonchev–Trinajstić information content (AvgIpc) is 3.57. The maximum absolute atomic E-state index is 13.5. The summed E-state index contributed by atoms with van der Waals surface area (Å²) >= 11 is 2.85. The fourth-order valence-corrected chi connectivity index (χ4v) is 9.52. The van der Waals surface area contributed by atoms with Gasteiger partial charge in [0.05, 0.1) is 39.6 Å². The summed E-state index contributed by atoms with van der Waals surface area (Å²) in [5, 5.41) is 0.984. The SMILES string of the molecule is O=C1C2C3CC(C2C(=O)N1c1ccc(F)cc1)C1C3Sc2[nH]c(=O)sc2[C@@H]1c1ccco1. The molecule has 1 N–H and O–H groups in total. The number of rotatable bonds is 2. The molecule has 3 aromatic rings. The molecule has 7 rings (SSSR count). The molecule has 2 saturated carbocycles. The molecule has 1 aromatic carbocycles. The summed E-state index contributed by atoms with van der Waals surface area (Å²) < 4.78 is 19.2. The molecule has 6 unspecified atom stereocenters. The second kappa shape index (κ2) is 6.45. The number of benzene rings is 1. The van der Waals surface area contributed by atoms with E-state index < -0.39 is 5.82 Å². The number of thioether (sulfide) groups is 1. The van der Waals surface area contributed by atoms with Crippen molar-refractivity contribution in [3.63, 3.8) is 0 Å². The van der Waals surface area contributed by atoms with Gasteiger partial charge in [-0.15, -0.1) is 11.8 Å². The molecular formula is C23H17FN2O4S2. The van der Waals surface area contributed by atoms with Gasteiger partial charge in [0.1, 0.15) is 11.6 Å². The van der Waals surface area contributed by atoms with Crippen molar-refractivity contribution in [1.29, 1.82) is 0 Å². The number of carbonyl (C=O) groups is 2. The van der Waals surface area contributed by atoms with Gasteiger partial charge in [-0.05, 0) is 60.6 Å². The number of amides is 2. The fourth-order valence-electron chi connectivity index (χ4n) is 6.65. The standard InChI is InChI=1S/C23H17FN2O4S2/c24-9-3-5-10(6-4-9)26-21(27)15-11-8-12(16(15)22(26)28)18-14(11)17(13-2-1-7-30-13)19-20(31-18)25-23(29)32-19/h1-7,11-12,14-18H,8H2,(H,25,29)/t11?,12?,14?,15?,16?,17-,18?/m1/s1. The van der Waals surface area contributed by atoms with E-state index in [1.807, 2.05) is 12.1 Å². The first-order chi connectivity index (χ1) is 15.5. The smallest absolute Gasteiger partial charge is 0.305 e. The second-order valence-corrected chi connectivity index (χ2v) is 11.2. The van der Waals surface area contributed by atoms with Crippen molar-refractivity contribution in [3.05, 3.63) is 68.8 Å². The van der Waals surface area contributed by atoms with Crippen LogP contribution in [0.1, 0.15) is 23.0 Å². The monoisotopic (exact) mass is 468 g/mol. The summed E-state index contributed by atoms with van der Waals surface area (Å²) in [5.41, 5.74) is 0.428. The lowest BCUT2D eigenvalue weighted by Gasteiger charge is -2.42. The Morgan fingerprint density at radius 1 is 1.03 bits per heavy atom. The summed E-state index contributed by atoms with van der Waals surface area (Å²) in [6, 6.07) is 9.30. The van der Waals surface area contributed by atoms with Crippen LogP contribution in [-0.2, 0) is 9.59 Å². The molecular weight excluding hydrogens is 451 g/mol. The number of H-pyrrole nitrogens is 1. The first kappa shape index (κ1) is 18.9. The highest BCUT2D eigenvalue weighted by molar-refractivity contribution is 8.00. The number of thiazole rings is 1. The predicted molar refractivity (Wildman–Crippen MR) is 116 cm³/mol. The summed E-state index contributed by atoms with van der Waals surface area (Å²) in [5.74, 6) is -0.628. The molecule has 1 saturated heterocycles. The largest absolute Gasteiger partial charge is 0.469 e. The highest BCUT2D eigenvalue weighted by atomic mass is 32.2. The minimum absolute atomic E-state index is 0.0323. The van der Waals surface area contributed by atoms with Crippen LogP contribution in [0, 0.1) is 35.4 Å². The second-order valence-electron chi connectivity index (χ2n) is 8.96. The number of anilines is 1. The van der Waals surface area contributed by atoms with Gasteiger partial charge in [-0.3, -0.25) is 19.3 Å². The number of aromatic amines is 1. The lowest BCUT2D eigenvalue weighted by Crippen LogP contribution is -2.42. The number of furan rings is 1. The number of halogens is 1. The summed E-state index contributed by atoms with van der Waals surface area (Å²) in [6.45, 7) is 0. The van der Waals surface area contributed by atoms with Crippen LogP contribution in [0.2, 0.25) is 0 Å². The van der Waals surface area contributed by atoms with Crippen molar-refractivity contribution >= 4 is 40.6 Å². The lowest BCUT2D eigenvalue weighted by atomic mass is 9.69. The van der Waals surface area contributed by atoms with Gasteiger partial charge in [0, 0.05) is 5.25 Å². The van der Waals surface area contributed by atoms with Gasteiger partial charge in [-0.25, -0.2) is 4.39 Å². The lowest BCUT2D eigenvalue weighted by molar-refractivity contribution is -0.123. The summed E-state index contributed by atoms with van der Waals surface area (Å²) in [4.78, 5) is 44.2. The van der Waals surface area contributed by atoms with E-state index in [9.17, 15) is 18.8 Å². The maximum Gasteiger partial charge on any atom is 0.305 e. The van der Waals surface area contributed by atoms with E-state index in [2.05, 4.69) is 4.98 Å². The van der Waals surface area contributed by atoms with Crippen molar-refractivity contribution in [2.24, 2.45) is 29.6 Å². The zero-order valence-electron chi connectivity index (χ0n) is 16.6. The molecule has 2 aromatic heterocycles. The minimum atomic E-state index is -0.406. The van der Waals surface area contributed by atoms with E-state index in [0.717, 1.165) is 22.1 Å². The number of fused-ring (bicyclic) bond motifs is 9. The van der Waals surface area contributed by atoms with E-state index in [1.54, 1.807) is 18.0 Å². The molecule has 2 aliphatic carbocycles. The van der Waals surface area contributed by atoms with Crippen molar-refractivity contribution in [1.82, 2.24) is 4.98 Å². The van der Waals surface area contributed by atoms with Gasteiger partial charge < -0.3 is 9.40 Å². The summed E-state index contributed by atoms with van der Waals surface area (Å²) in [6.07, 6.45) is 2.46. The Hall–Kier alpha value is -2.65.